The highest BCUT2D eigenvalue weighted by Crippen LogP contribution is 2.35. The van der Waals surface area contributed by atoms with Gasteiger partial charge < -0.3 is 24.3 Å². The molecule has 1 unspecified atom stereocenters. The van der Waals surface area contributed by atoms with E-state index in [9.17, 15) is 9.59 Å². The standard InChI is InChI=1S/C19H19Cl2NO6/c1-10(18(23)22-14-7-11(20)5-6-13(14)21)28-19(24)12-8-16(26-3)17(27-4)9-15(12)25-2/h5-10H,1-4H3,(H,22,23). The molecule has 0 aliphatic rings. The summed E-state index contributed by atoms with van der Waals surface area (Å²) in [5.41, 5.74) is 0.395. The summed E-state index contributed by atoms with van der Waals surface area (Å²) in [6.45, 7) is 1.43. The van der Waals surface area contributed by atoms with E-state index in [2.05, 4.69) is 5.32 Å². The van der Waals surface area contributed by atoms with E-state index < -0.39 is 18.0 Å². The van der Waals surface area contributed by atoms with E-state index in [1.165, 1.54) is 46.5 Å². The molecule has 0 saturated heterocycles. The predicted octanol–water partition coefficient (Wildman–Crippen LogP) is 4.20. The van der Waals surface area contributed by atoms with Crippen molar-refractivity contribution in [1.82, 2.24) is 0 Å². The first-order valence-corrected chi connectivity index (χ1v) is 8.83. The van der Waals surface area contributed by atoms with Crippen LogP contribution in [-0.4, -0.2) is 39.3 Å². The molecule has 150 valence electrons. The molecule has 0 bridgehead atoms. The molecule has 0 fully saturated rings. The molecule has 0 radical (unpaired) electrons. The Balaban J connectivity index is 2.17. The topological polar surface area (TPSA) is 83.1 Å². The number of rotatable bonds is 7. The van der Waals surface area contributed by atoms with Crippen molar-refractivity contribution in [3.05, 3.63) is 45.9 Å². The van der Waals surface area contributed by atoms with Crippen molar-refractivity contribution in [3.8, 4) is 17.2 Å². The lowest BCUT2D eigenvalue weighted by Crippen LogP contribution is -2.30. The van der Waals surface area contributed by atoms with Crippen molar-refractivity contribution < 1.29 is 28.5 Å². The first-order chi connectivity index (χ1) is 13.3. The lowest BCUT2D eigenvalue weighted by Gasteiger charge is -2.17. The van der Waals surface area contributed by atoms with Gasteiger partial charge in [-0.1, -0.05) is 23.2 Å². The highest BCUT2D eigenvalue weighted by molar-refractivity contribution is 6.35. The molecule has 0 aromatic heterocycles. The van der Waals surface area contributed by atoms with Crippen LogP contribution in [0.2, 0.25) is 10.0 Å². The van der Waals surface area contributed by atoms with Crippen LogP contribution < -0.4 is 19.5 Å². The molecule has 0 heterocycles. The van der Waals surface area contributed by atoms with Gasteiger partial charge in [0.25, 0.3) is 5.91 Å². The van der Waals surface area contributed by atoms with Crippen LogP contribution in [0.4, 0.5) is 5.69 Å². The Morgan fingerprint density at radius 3 is 2.14 bits per heavy atom. The minimum absolute atomic E-state index is 0.0839. The van der Waals surface area contributed by atoms with Crippen LogP contribution >= 0.6 is 23.2 Å². The normalized spacial score (nSPS) is 11.4. The summed E-state index contributed by atoms with van der Waals surface area (Å²) in [4.78, 5) is 24.9. The molecule has 9 heteroatoms. The highest BCUT2D eigenvalue weighted by atomic mass is 35.5. The monoisotopic (exact) mass is 427 g/mol. The highest BCUT2D eigenvalue weighted by Gasteiger charge is 2.24. The minimum Gasteiger partial charge on any atom is -0.496 e. The van der Waals surface area contributed by atoms with Crippen molar-refractivity contribution in [2.45, 2.75) is 13.0 Å². The minimum atomic E-state index is -1.11. The quantitative estimate of drug-likeness (QED) is 0.666. The first kappa shape index (κ1) is 21.7. The summed E-state index contributed by atoms with van der Waals surface area (Å²) < 4.78 is 20.8. The van der Waals surface area contributed by atoms with Crippen molar-refractivity contribution >= 4 is 40.8 Å². The molecule has 2 aromatic carbocycles. The lowest BCUT2D eigenvalue weighted by atomic mass is 10.1. The Kier molecular flexibility index (Phi) is 7.37. The molecule has 28 heavy (non-hydrogen) atoms. The number of carbonyl (C=O) groups is 2. The summed E-state index contributed by atoms with van der Waals surface area (Å²) in [5, 5.41) is 3.27. The van der Waals surface area contributed by atoms with Crippen molar-refractivity contribution in [2.75, 3.05) is 26.6 Å². The molecule has 0 aliphatic heterocycles. The van der Waals surface area contributed by atoms with Crippen LogP contribution in [0.25, 0.3) is 0 Å². The van der Waals surface area contributed by atoms with Crippen LogP contribution in [0.3, 0.4) is 0 Å². The van der Waals surface area contributed by atoms with Crippen molar-refractivity contribution in [3.63, 3.8) is 0 Å². The number of amides is 1. The van der Waals surface area contributed by atoms with Gasteiger partial charge in [-0.2, -0.15) is 0 Å². The van der Waals surface area contributed by atoms with Crippen LogP contribution in [0.5, 0.6) is 17.2 Å². The van der Waals surface area contributed by atoms with E-state index in [4.69, 9.17) is 42.1 Å². The third-order valence-corrected chi connectivity index (χ3v) is 4.33. The van der Waals surface area contributed by atoms with Gasteiger partial charge in [0, 0.05) is 17.2 Å². The Bertz CT molecular complexity index is 887. The fourth-order valence-electron chi connectivity index (χ4n) is 2.29. The lowest BCUT2D eigenvalue weighted by molar-refractivity contribution is -0.123. The maximum atomic E-state index is 12.6. The van der Waals surface area contributed by atoms with Crippen LogP contribution in [0, 0.1) is 0 Å². The average molecular weight is 428 g/mol. The van der Waals surface area contributed by atoms with Crippen molar-refractivity contribution in [1.29, 1.82) is 0 Å². The Labute approximate surface area is 172 Å². The first-order valence-electron chi connectivity index (χ1n) is 8.07. The molecule has 2 aromatic rings. The summed E-state index contributed by atoms with van der Waals surface area (Å²) >= 11 is 11.9. The maximum Gasteiger partial charge on any atom is 0.342 e. The van der Waals surface area contributed by atoms with E-state index >= 15 is 0 Å². The molecule has 1 atom stereocenters. The fraction of sp³-hybridized carbons (Fsp3) is 0.263. The Hall–Kier alpha value is -2.64. The van der Waals surface area contributed by atoms with Crippen LogP contribution in [-0.2, 0) is 9.53 Å². The van der Waals surface area contributed by atoms with E-state index in [0.717, 1.165) is 0 Å². The molecular weight excluding hydrogens is 409 g/mol. The number of hydrogen-bond donors (Lipinski definition) is 1. The Morgan fingerprint density at radius 1 is 0.929 bits per heavy atom. The largest absolute Gasteiger partial charge is 0.496 e. The van der Waals surface area contributed by atoms with Gasteiger partial charge in [0.15, 0.2) is 17.6 Å². The van der Waals surface area contributed by atoms with Crippen LogP contribution in [0.1, 0.15) is 17.3 Å². The predicted molar refractivity (Wildman–Crippen MR) is 106 cm³/mol. The zero-order valence-corrected chi connectivity index (χ0v) is 17.2. The number of nitrogens with one attached hydrogen (secondary N) is 1. The number of ether oxygens (including phenoxy) is 4. The number of hydrogen-bond acceptors (Lipinski definition) is 6. The summed E-state index contributed by atoms with van der Waals surface area (Å²) in [7, 11) is 4.29. The van der Waals surface area contributed by atoms with Gasteiger partial charge in [-0.15, -0.1) is 0 Å². The van der Waals surface area contributed by atoms with Gasteiger partial charge in [-0.05, 0) is 25.1 Å². The molecular formula is C19H19Cl2NO6. The molecule has 0 aliphatic carbocycles. The van der Waals surface area contributed by atoms with E-state index in [1.54, 1.807) is 12.1 Å². The summed E-state index contributed by atoms with van der Waals surface area (Å²) in [6, 6.07) is 7.54. The van der Waals surface area contributed by atoms with Gasteiger partial charge in [-0.3, -0.25) is 4.79 Å². The maximum absolute atomic E-state index is 12.6. The number of esters is 1. The third kappa shape index (κ3) is 4.99. The molecule has 1 amide bonds. The Morgan fingerprint density at radius 2 is 1.54 bits per heavy atom. The van der Waals surface area contributed by atoms with E-state index in [-0.39, 0.29) is 11.3 Å². The van der Waals surface area contributed by atoms with Crippen LogP contribution in [0.15, 0.2) is 30.3 Å². The molecule has 0 saturated carbocycles. The second kappa shape index (κ2) is 9.52. The van der Waals surface area contributed by atoms with Gasteiger partial charge >= 0.3 is 5.97 Å². The number of carbonyl (C=O) groups excluding carboxylic acids is 2. The summed E-state index contributed by atoms with van der Waals surface area (Å²) in [6.07, 6.45) is -1.11. The summed E-state index contributed by atoms with van der Waals surface area (Å²) in [5.74, 6) is -0.418. The van der Waals surface area contributed by atoms with E-state index in [1.807, 2.05) is 0 Å². The van der Waals surface area contributed by atoms with Gasteiger partial charge in [0.05, 0.1) is 32.0 Å². The fourth-order valence-corrected chi connectivity index (χ4v) is 2.63. The smallest absolute Gasteiger partial charge is 0.342 e. The van der Waals surface area contributed by atoms with Crippen molar-refractivity contribution in [2.24, 2.45) is 0 Å². The van der Waals surface area contributed by atoms with Gasteiger partial charge in [0.2, 0.25) is 0 Å². The van der Waals surface area contributed by atoms with Gasteiger partial charge in [0.1, 0.15) is 11.3 Å². The third-order valence-electron chi connectivity index (χ3n) is 3.76. The zero-order chi connectivity index (χ0) is 20.8. The number of anilines is 1. The second-order valence-electron chi connectivity index (χ2n) is 5.57. The molecule has 7 nitrogen and oxygen atoms in total. The molecule has 2 rings (SSSR count). The van der Waals surface area contributed by atoms with E-state index in [0.29, 0.717) is 27.2 Å². The number of benzene rings is 2. The van der Waals surface area contributed by atoms with Gasteiger partial charge in [-0.25, -0.2) is 4.79 Å². The second-order valence-corrected chi connectivity index (χ2v) is 6.41. The molecule has 1 N–H and O–H groups in total. The zero-order valence-electron chi connectivity index (χ0n) is 15.7. The number of halogens is 2. The number of methoxy groups -OCH3 is 3. The molecule has 0 spiro atoms. The average Bonchev–Trinajstić information content (AvgIpc) is 2.69. The SMILES string of the molecule is COc1cc(OC)c(C(=O)OC(C)C(=O)Nc2cc(Cl)ccc2Cl)cc1OC.